The third-order valence-corrected chi connectivity index (χ3v) is 4.14. The molecular weight excluding hydrogens is 333 g/mol. The van der Waals surface area contributed by atoms with Crippen LogP contribution in [0.4, 0.5) is 4.39 Å². The summed E-state index contributed by atoms with van der Waals surface area (Å²) in [7, 11) is 0. The first-order valence-electron chi connectivity index (χ1n) is 6.53. The van der Waals surface area contributed by atoms with Gasteiger partial charge in [0.1, 0.15) is 5.82 Å². The van der Waals surface area contributed by atoms with Crippen molar-refractivity contribution in [3.63, 3.8) is 0 Å². The maximum Gasteiger partial charge on any atom is 0.142 e. The van der Waals surface area contributed by atoms with Gasteiger partial charge >= 0.3 is 0 Å². The summed E-state index contributed by atoms with van der Waals surface area (Å²) in [5.41, 5.74) is 0.862. The number of nitrogens with zero attached hydrogens (tertiary/aromatic N) is 1. The second-order valence-electron chi connectivity index (χ2n) is 4.75. The highest BCUT2D eigenvalue weighted by Gasteiger charge is 2.20. The Hall–Kier alpha value is -0.160. The van der Waals surface area contributed by atoms with E-state index in [1.54, 1.807) is 6.07 Å². The predicted octanol–water partition coefficient (Wildman–Crippen LogP) is 3.86. The Morgan fingerprint density at radius 2 is 2.11 bits per heavy atom. The van der Waals surface area contributed by atoms with Crippen molar-refractivity contribution in [2.45, 2.75) is 25.5 Å². The lowest BCUT2D eigenvalue weighted by molar-refractivity contribution is 0.0141. The van der Waals surface area contributed by atoms with Crippen molar-refractivity contribution < 1.29 is 9.13 Å². The monoisotopic (exact) mass is 349 g/mol. The third-order valence-electron chi connectivity index (χ3n) is 3.39. The summed E-state index contributed by atoms with van der Waals surface area (Å²) < 4.78 is 19.1. The molecule has 2 rings (SSSR count). The van der Waals surface area contributed by atoms with Crippen LogP contribution >= 0.6 is 27.5 Å². The van der Waals surface area contributed by atoms with Crippen LogP contribution in [0.2, 0.25) is 5.02 Å². The van der Waals surface area contributed by atoms with Gasteiger partial charge in [-0.15, -0.1) is 0 Å². The van der Waals surface area contributed by atoms with E-state index in [1.807, 2.05) is 6.07 Å². The van der Waals surface area contributed by atoms with Crippen LogP contribution in [0, 0.1) is 5.82 Å². The molecule has 1 heterocycles. The maximum atomic E-state index is 13.4. The fraction of sp³-hybridized carbons (Fsp3) is 0.571. The molecule has 0 aromatic heterocycles. The molecule has 0 amide bonds. The Morgan fingerprint density at radius 3 is 2.79 bits per heavy atom. The first-order chi connectivity index (χ1) is 9.20. The number of piperidine rings is 1. The minimum atomic E-state index is -0.338. The zero-order chi connectivity index (χ0) is 13.7. The molecule has 5 heteroatoms. The lowest BCUT2D eigenvalue weighted by Gasteiger charge is -2.32. The van der Waals surface area contributed by atoms with Gasteiger partial charge in [0.15, 0.2) is 0 Å². The molecule has 1 aromatic carbocycles. The van der Waals surface area contributed by atoms with Crippen molar-refractivity contribution in [1.29, 1.82) is 0 Å². The van der Waals surface area contributed by atoms with Gasteiger partial charge in [-0.1, -0.05) is 39.7 Å². The van der Waals surface area contributed by atoms with Gasteiger partial charge in [-0.25, -0.2) is 4.39 Å². The van der Waals surface area contributed by atoms with Crippen LogP contribution in [0.5, 0.6) is 0 Å². The molecule has 1 aliphatic heterocycles. The zero-order valence-corrected chi connectivity index (χ0v) is 13.1. The van der Waals surface area contributed by atoms with Crippen molar-refractivity contribution in [1.82, 2.24) is 4.90 Å². The van der Waals surface area contributed by atoms with E-state index in [-0.39, 0.29) is 10.8 Å². The van der Waals surface area contributed by atoms with Crippen LogP contribution in [0.1, 0.15) is 18.4 Å². The Bertz CT molecular complexity index is 410. The third kappa shape index (κ3) is 4.42. The molecule has 0 aliphatic carbocycles. The summed E-state index contributed by atoms with van der Waals surface area (Å²) in [4.78, 5) is 2.30. The predicted molar refractivity (Wildman–Crippen MR) is 79.5 cm³/mol. The Labute approximate surface area is 127 Å². The minimum absolute atomic E-state index is 0.250. The van der Waals surface area contributed by atoms with Crippen molar-refractivity contribution in [3.05, 3.63) is 34.6 Å². The molecule has 0 atom stereocenters. The average Bonchev–Trinajstić information content (AvgIpc) is 2.43. The zero-order valence-electron chi connectivity index (χ0n) is 10.7. The SMILES string of the molecule is Fc1cccc(CN2CCC(OCCBr)CC2)c1Cl. The summed E-state index contributed by atoms with van der Waals surface area (Å²) in [5, 5.41) is 1.13. The molecule has 1 aromatic rings. The number of rotatable bonds is 5. The van der Waals surface area contributed by atoms with Crippen molar-refractivity contribution in [2.24, 2.45) is 0 Å². The van der Waals surface area contributed by atoms with E-state index < -0.39 is 0 Å². The number of halogens is 3. The van der Waals surface area contributed by atoms with Gasteiger partial charge in [-0.2, -0.15) is 0 Å². The minimum Gasteiger partial charge on any atom is -0.377 e. The number of ether oxygens (including phenoxy) is 1. The molecule has 0 bridgehead atoms. The highest BCUT2D eigenvalue weighted by atomic mass is 79.9. The van der Waals surface area contributed by atoms with Crippen LogP contribution < -0.4 is 0 Å². The number of benzene rings is 1. The van der Waals surface area contributed by atoms with Crippen LogP contribution in [0.15, 0.2) is 18.2 Å². The molecule has 0 N–H and O–H groups in total. The smallest absolute Gasteiger partial charge is 0.142 e. The molecule has 1 fully saturated rings. The van der Waals surface area contributed by atoms with Gasteiger partial charge in [-0.05, 0) is 24.5 Å². The Balaban J connectivity index is 1.84. The quantitative estimate of drug-likeness (QED) is 0.748. The molecule has 106 valence electrons. The topological polar surface area (TPSA) is 12.5 Å². The highest BCUT2D eigenvalue weighted by Crippen LogP contribution is 2.23. The molecule has 0 radical (unpaired) electrons. The van der Waals surface area contributed by atoms with Gasteiger partial charge in [0.2, 0.25) is 0 Å². The van der Waals surface area contributed by atoms with E-state index in [2.05, 4.69) is 20.8 Å². The summed E-state index contributed by atoms with van der Waals surface area (Å²) in [5.74, 6) is -0.338. The second-order valence-corrected chi connectivity index (χ2v) is 5.92. The van der Waals surface area contributed by atoms with Crippen LogP contribution in [-0.2, 0) is 11.3 Å². The first-order valence-corrected chi connectivity index (χ1v) is 8.03. The number of alkyl halides is 1. The summed E-state index contributed by atoms with van der Waals surface area (Å²) >= 11 is 9.34. The van der Waals surface area contributed by atoms with Gasteiger partial charge in [-0.3, -0.25) is 4.90 Å². The van der Waals surface area contributed by atoms with Crippen molar-refractivity contribution >= 4 is 27.5 Å². The Morgan fingerprint density at radius 1 is 1.37 bits per heavy atom. The normalized spacial score (nSPS) is 17.8. The van der Waals surface area contributed by atoms with E-state index in [4.69, 9.17) is 16.3 Å². The van der Waals surface area contributed by atoms with E-state index in [1.165, 1.54) is 6.07 Å². The van der Waals surface area contributed by atoms with Gasteiger partial charge in [0, 0.05) is 25.0 Å². The molecule has 1 saturated heterocycles. The second kappa shape index (κ2) is 7.58. The van der Waals surface area contributed by atoms with Gasteiger partial charge < -0.3 is 4.74 Å². The summed E-state index contributed by atoms with van der Waals surface area (Å²) in [6.07, 6.45) is 2.41. The summed E-state index contributed by atoms with van der Waals surface area (Å²) in [6.45, 7) is 3.42. The van der Waals surface area contributed by atoms with Gasteiger partial charge in [0.05, 0.1) is 17.7 Å². The molecular formula is C14H18BrClFNO. The highest BCUT2D eigenvalue weighted by molar-refractivity contribution is 9.09. The molecule has 0 unspecified atom stereocenters. The van der Waals surface area contributed by atoms with Crippen molar-refractivity contribution in [2.75, 3.05) is 25.0 Å². The molecule has 0 saturated carbocycles. The lowest BCUT2D eigenvalue weighted by Crippen LogP contribution is -2.36. The maximum absolute atomic E-state index is 13.4. The van der Waals surface area contributed by atoms with E-state index in [9.17, 15) is 4.39 Å². The number of hydrogen-bond acceptors (Lipinski definition) is 2. The summed E-state index contributed by atoms with van der Waals surface area (Å²) in [6, 6.07) is 4.99. The molecule has 19 heavy (non-hydrogen) atoms. The lowest BCUT2D eigenvalue weighted by atomic mass is 10.1. The van der Waals surface area contributed by atoms with Gasteiger partial charge in [0.25, 0.3) is 0 Å². The van der Waals surface area contributed by atoms with Crippen molar-refractivity contribution in [3.8, 4) is 0 Å². The number of hydrogen-bond donors (Lipinski definition) is 0. The van der Waals surface area contributed by atoms with E-state index >= 15 is 0 Å². The molecule has 1 aliphatic rings. The first kappa shape index (κ1) is 15.2. The average molecular weight is 351 g/mol. The Kier molecular flexibility index (Phi) is 6.07. The fourth-order valence-corrected chi connectivity index (χ4v) is 2.73. The largest absolute Gasteiger partial charge is 0.377 e. The molecule has 0 spiro atoms. The number of likely N-dealkylation sites (tertiary alicyclic amines) is 1. The fourth-order valence-electron chi connectivity index (χ4n) is 2.36. The van der Waals surface area contributed by atoms with Crippen LogP contribution in [-0.4, -0.2) is 36.0 Å². The van der Waals surface area contributed by atoms with Crippen LogP contribution in [0.25, 0.3) is 0 Å². The van der Waals surface area contributed by atoms with E-state index in [0.717, 1.165) is 43.4 Å². The van der Waals surface area contributed by atoms with Crippen LogP contribution in [0.3, 0.4) is 0 Å². The molecule has 2 nitrogen and oxygen atoms in total. The van der Waals surface area contributed by atoms with E-state index in [0.29, 0.717) is 12.6 Å². The standard InChI is InChI=1S/C14H18BrClFNO/c15-6-9-19-12-4-7-18(8-5-12)10-11-2-1-3-13(17)14(11)16/h1-3,12H,4-10H2.